The molecule has 0 unspecified atom stereocenters. The molecule has 10 N–H and O–H groups in total. The Morgan fingerprint density at radius 2 is 0.967 bits per heavy atom. The summed E-state index contributed by atoms with van der Waals surface area (Å²) < 4.78 is 136. The number of nitrogens with zero attached hydrogens (tertiary/aromatic N) is 4. The van der Waals surface area contributed by atoms with Crippen LogP contribution in [0, 0.1) is 0 Å². The van der Waals surface area contributed by atoms with E-state index in [9.17, 15) is 90.9 Å². The Kier molecular flexibility index (Phi) is 20.3. The van der Waals surface area contributed by atoms with Crippen molar-refractivity contribution in [2.75, 3.05) is 67.2 Å². The number of pyridine rings is 2. The molecule has 4 aromatic carbocycles. The van der Waals surface area contributed by atoms with Gasteiger partial charge in [-0.1, -0.05) is 62.4 Å². The molecule has 2 aromatic heterocycles. The first-order valence-electron chi connectivity index (χ1n) is 28.3. The first-order chi connectivity index (χ1) is 42.9. The van der Waals surface area contributed by atoms with E-state index in [2.05, 4.69) is 31.2 Å². The van der Waals surface area contributed by atoms with Crippen molar-refractivity contribution in [2.45, 2.75) is 57.8 Å². The van der Waals surface area contributed by atoms with Crippen molar-refractivity contribution in [3.63, 3.8) is 0 Å². The third kappa shape index (κ3) is 16.4. The number of carboxylic acid groups (broad SMARTS) is 2. The van der Waals surface area contributed by atoms with Gasteiger partial charge in [0, 0.05) is 60.7 Å². The van der Waals surface area contributed by atoms with Gasteiger partial charge < -0.3 is 36.4 Å². The summed E-state index contributed by atoms with van der Waals surface area (Å²) in [7, 11) is -18.0. The van der Waals surface area contributed by atoms with Crippen LogP contribution in [-0.2, 0) is 60.9 Å². The molecule has 488 valence electrons. The van der Waals surface area contributed by atoms with Crippen LogP contribution in [0.3, 0.4) is 0 Å². The number of aliphatic carboxylic acids is 2. The lowest BCUT2D eigenvalue weighted by molar-refractivity contribution is -0.435. The van der Waals surface area contributed by atoms with Gasteiger partial charge in [0.25, 0.3) is 64.1 Å². The van der Waals surface area contributed by atoms with E-state index in [1.165, 1.54) is 24.3 Å². The molecule has 0 spiro atoms. The smallest absolute Gasteiger partial charge is 0.322 e. The predicted molar refractivity (Wildman–Crippen MR) is 339 cm³/mol. The fraction of sp³-hybridized carbons (Fsp3) is 0.317. The summed E-state index contributed by atoms with van der Waals surface area (Å²) in [6.07, 6.45) is 4.78. The van der Waals surface area contributed by atoms with E-state index in [0.29, 0.717) is 66.6 Å². The summed E-state index contributed by atoms with van der Waals surface area (Å²) in [6, 6.07) is 23.2. The number of anilines is 1. The van der Waals surface area contributed by atoms with E-state index < -0.39 is 136 Å². The van der Waals surface area contributed by atoms with Gasteiger partial charge in [-0.2, -0.15) is 38.2 Å². The van der Waals surface area contributed by atoms with Crippen molar-refractivity contribution >= 4 is 115 Å². The Morgan fingerprint density at radius 3 is 1.45 bits per heavy atom. The second kappa shape index (κ2) is 27.1. The molecule has 4 heterocycles. The number of hydrogen-bond acceptors (Lipinski definition) is 17. The molecule has 28 nitrogen and oxygen atoms in total. The lowest BCUT2D eigenvalue weighted by atomic mass is 9.79. The Balaban J connectivity index is 1.29. The summed E-state index contributed by atoms with van der Waals surface area (Å²) in [5.74, 6) is -9.18. The van der Waals surface area contributed by atoms with Crippen molar-refractivity contribution in [3.8, 4) is 22.3 Å². The standard InChI is InChI=1S/C60H64N8O20S4/c1-59(2)43-32-41(35-28-45(55(73)61-19-18-51(69)70)65-46(29-35)56(74)62-20-26-91(83,84)85)37-12-5-7-14-39(37)53(43)67(22-10-24-89(77,78)79)49(59)16-9-17-50-60(3,4)44-33-42(38-13-6-8-15-40(38)54(44)68(50)23-11-25-90(80,81)82)36-30-47(57(75)63-21-27-92(86,87)88)66-48(31-36)58(76)64-34-52(71)72/h5-9,12-17,28-33H,10-11,18-27,34H2,1-4H3,(H9-,61,62,63,64,69,70,71,72,73,74,75,76,77,78,79,80,81,82,83,84,85,86,87,88)/p+1. The normalized spacial score (nSPS) is 15.0. The third-order valence-corrected chi connectivity index (χ3v) is 18.4. The maximum Gasteiger partial charge on any atom is 0.322 e. The number of rotatable bonds is 27. The molecule has 6 aromatic rings. The van der Waals surface area contributed by atoms with Gasteiger partial charge in [-0.3, -0.25) is 47.0 Å². The Labute approximate surface area is 528 Å². The van der Waals surface area contributed by atoms with Crippen LogP contribution in [0.5, 0.6) is 0 Å². The van der Waals surface area contributed by atoms with Crippen molar-refractivity contribution < 1.29 is 95.4 Å². The highest BCUT2D eigenvalue weighted by atomic mass is 32.2. The van der Waals surface area contributed by atoms with Crippen LogP contribution in [0.2, 0.25) is 0 Å². The number of carbonyl (C=O) groups excluding carboxylic acids is 4. The topological polar surface area (TPSA) is 441 Å². The average Bonchev–Trinajstić information content (AvgIpc) is 1.55. The van der Waals surface area contributed by atoms with Gasteiger partial charge >= 0.3 is 11.9 Å². The maximum absolute atomic E-state index is 13.7. The van der Waals surface area contributed by atoms with E-state index in [1.807, 2.05) is 67.5 Å². The predicted octanol–water partition coefficient (Wildman–Crippen LogP) is 4.54. The summed E-state index contributed by atoms with van der Waals surface area (Å²) in [6.45, 7) is 5.47. The van der Waals surface area contributed by atoms with E-state index >= 15 is 0 Å². The van der Waals surface area contributed by atoms with E-state index in [0.717, 1.165) is 0 Å². The number of carbonyl (C=O) groups is 6. The molecule has 2 aliphatic rings. The van der Waals surface area contributed by atoms with Crippen molar-refractivity contribution in [1.29, 1.82) is 0 Å². The zero-order chi connectivity index (χ0) is 67.5. The highest BCUT2D eigenvalue weighted by Crippen LogP contribution is 2.54. The molecule has 2 aliphatic heterocycles. The summed E-state index contributed by atoms with van der Waals surface area (Å²) in [4.78, 5) is 87.6. The fourth-order valence-corrected chi connectivity index (χ4v) is 13.0. The zero-order valence-corrected chi connectivity index (χ0v) is 53.1. The molecule has 0 bridgehead atoms. The summed E-state index contributed by atoms with van der Waals surface area (Å²) >= 11 is 0. The minimum atomic E-state index is -4.51. The number of amides is 4. The molecule has 92 heavy (non-hydrogen) atoms. The highest BCUT2D eigenvalue weighted by molar-refractivity contribution is 7.86. The molecule has 0 radical (unpaired) electrons. The number of fused-ring (bicyclic) bond motifs is 6. The van der Waals surface area contributed by atoms with Crippen molar-refractivity contribution in [2.24, 2.45) is 0 Å². The summed E-state index contributed by atoms with van der Waals surface area (Å²) in [5.41, 5.74) is 1.72. The molecule has 0 aliphatic carbocycles. The fourth-order valence-electron chi connectivity index (χ4n) is 11.3. The van der Waals surface area contributed by atoms with E-state index in [-0.39, 0.29) is 66.4 Å². The lowest BCUT2D eigenvalue weighted by Gasteiger charge is -2.27. The van der Waals surface area contributed by atoms with Crippen LogP contribution < -0.4 is 26.2 Å². The number of allylic oxidation sites excluding steroid dienone is 4. The van der Waals surface area contributed by atoms with Crippen LogP contribution in [0.4, 0.5) is 11.4 Å². The molecular formula is C60H65N8O20S4+. The first-order valence-corrected chi connectivity index (χ1v) is 34.7. The molecule has 0 saturated carbocycles. The van der Waals surface area contributed by atoms with E-state index in [1.54, 1.807) is 48.5 Å². The highest BCUT2D eigenvalue weighted by Gasteiger charge is 2.47. The SMILES string of the molecule is CC1(C)C(/C=C/C=C2/N(CCCS(=O)(=O)O)c3c(cc(-c4cc(C(=O)NCCS(=O)(=O)O)nc(C(=O)NCC(=O)O)c4)c4ccccc34)C2(C)C)=[N+](CCCS(=O)(=O)O)c2c1cc(-c1cc(C(=O)NCCC(=O)O)nc(C(=O)NCCS(=O)(=O)O)c1)c1ccccc21. The molecular weight excluding hydrogens is 1280 g/mol. The monoisotopic (exact) mass is 1350 g/mol. The van der Waals surface area contributed by atoms with Gasteiger partial charge in [-0.25, -0.2) is 9.97 Å². The minimum absolute atomic E-state index is 0.0228. The van der Waals surface area contributed by atoms with Gasteiger partial charge in [0.15, 0.2) is 5.71 Å². The van der Waals surface area contributed by atoms with Crippen LogP contribution >= 0.6 is 0 Å². The number of benzene rings is 4. The quantitative estimate of drug-likeness (QED) is 0.0250. The first kappa shape index (κ1) is 69.0. The largest absolute Gasteiger partial charge is 0.481 e. The van der Waals surface area contributed by atoms with Gasteiger partial charge in [0.05, 0.1) is 45.9 Å². The van der Waals surface area contributed by atoms with Crippen LogP contribution in [-0.4, -0.2) is 180 Å². The third-order valence-electron chi connectivity index (χ3n) is 15.4. The molecule has 4 amide bonds. The zero-order valence-electron chi connectivity index (χ0n) is 49.8. The van der Waals surface area contributed by atoms with Gasteiger partial charge in [0.1, 0.15) is 35.9 Å². The second-order valence-electron chi connectivity index (χ2n) is 22.7. The Hall–Kier alpha value is -8.89. The second-order valence-corrected chi connectivity index (χ2v) is 29.0. The Morgan fingerprint density at radius 1 is 0.533 bits per heavy atom. The average molecular weight is 1350 g/mol. The van der Waals surface area contributed by atoms with Crippen molar-refractivity contribution in [1.82, 2.24) is 31.2 Å². The minimum Gasteiger partial charge on any atom is -0.481 e. The van der Waals surface area contributed by atoms with Gasteiger partial charge in [0.2, 0.25) is 5.69 Å². The number of aromatic nitrogens is 2. The molecule has 0 atom stereocenters. The Bertz CT molecular complexity index is 4620. The molecule has 32 heteroatoms. The van der Waals surface area contributed by atoms with Crippen molar-refractivity contribution in [3.05, 3.63) is 143 Å². The number of carboxylic acids is 2. The van der Waals surface area contributed by atoms with Gasteiger partial charge in [-0.05, 0) is 107 Å². The molecule has 0 saturated heterocycles. The van der Waals surface area contributed by atoms with Crippen LogP contribution in [0.1, 0.15) is 100 Å². The number of nitrogens with one attached hydrogen (secondary N) is 4. The van der Waals surface area contributed by atoms with Crippen LogP contribution in [0.15, 0.2) is 109 Å². The maximum atomic E-state index is 13.7. The number of hydrogen-bond donors (Lipinski definition) is 10. The van der Waals surface area contributed by atoms with Gasteiger partial charge in [-0.15, -0.1) is 0 Å². The molecule has 8 rings (SSSR count). The van der Waals surface area contributed by atoms with E-state index in [4.69, 9.17) is 0 Å². The lowest BCUT2D eigenvalue weighted by Crippen LogP contribution is -2.32. The van der Waals surface area contributed by atoms with Crippen LogP contribution in [0.25, 0.3) is 43.8 Å². The summed E-state index contributed by atoms with van der Waals surface area (Å²) in [5, 5.41) is 30.4. The molecule has 0 fully saturated rings.